The first-order chi connectivity index (χ1) is 15.1. The maximum absolute atomic E-state index is 13.6. The van der Waals surface area contributed by atoms with Crippen molar-refractivity contribution in [3.63, 3.8) is 0 Å². The number of alkyl halides is 6. The molecule has 0 amide bonds. The molecule has 0 saturated carbocycles. The first kappa shape index (κ1) is 21.2. The molecule has 0 spiro atoms. The summed E-state index contributed by atoms with van der Waals surface area (Å²) in [4.78, 5) is 12.6. The summed E-state index contributed by atoms with van der Waals surface area (Å²) in [5, 5.41) is 0.00319. The lowest BCUT2D eigenvalue weighted by atomic mass is 9.91. The molecule has 32 heavy (non-hydrogen) atoms. The molecule has 3 aromatic rings. The number of fused-ring (bicyclic) bond motifs is 2. The van der Waals surface area contributed by atoms with Gasteiger partial charge >= 0.3 is 12.4 Å². The van der Waals surface area contributed by atoms with Gasteiger partial charge in [-0.1, -0.05) is 18.6 Å². The number of aromatic amines is 1. The number of para-hydroxylation sites is 1. The van der Waals surface area contributed by atoms with Crippen LogP contribution in [0.2, 0.25) is 0 Å². The molecule has 5 rings (SSSR count). The molecule has 3 atom stereocenters. The van der Waals surface area contributed by atoms with Crippen LogP contribution in [0.3, 0.4) is 0 Å². The van der Waals surface area contributed by atoms with Gasteiger partial charge in [0.25, 0.3) is 0 Å². The van der Waals surface area contributed by atoms with Crippen LogP contribution >= 0.6 is 0 Å². The van der Waals surface area contributed by atoms with Crippen molar-refractivity contribution < 1.29 is 31.1 Å². The minimum atomic E-state index is -4.91. The first-order valence-corrected chi connectivity index (χ1v) is 10.1. The fourth-order valence-electron chi connectivity index (χ4n) is 4.70. The van der Waals surface area contributed by atoms with E-state index in [4.69, 9.17) is 4.74 Å². The van der Waals surface area contributed by atoms with E-state index in [-0.39, 0.29) is 17.0 Å². The van der Waals surface area contributed by atoms with Gasteiger partial charge in [0, 0.05) is 30.4 Å². The van der Waals surface area contributed by atoms with Crippen molar-refractivity contribution in [2.45, 2.75) is 50.0 Å². The number of hydrogen-bond donors (Lipinski definition) is 1. The molecular formula is C21H18F6N4O. The Morgan fingerprint density at radius 3 is 2.56 bits per heavy atom. The van der Waals surface area contributed by atoms with Gasteiger partial charge in [-0.3, -0.25) is 4.90 Å². The van der Waals surface area contributed by atoms with Crippen LogP contribution in [0.1, 0.15) is 54.2 Å². The molecule has 2 aliphatic rings. The summed E-state index contributed by atoms with van der Waals surface area (Å²) in [6, 6.07) is 3.82. The number of rotatable bonds is 2. The second-order valence-electron chi connectivity index (χ2n) is 7.98. The zero-order valence-corrected chi connectivity index (χ0v) is 16.5. The molecule has 2 saturated heterocycles. The van der Waals surface area contributed by atoms with Gasteiger partial charge in [0.1, 0.15) is 11.8 Å². The SMILES string of the molecule is FC(F)(F)c1cc([C@@H]2OC(c3ncc[nH]3)N3CCCC[C@H]23)c2cccc(C(F)(F)F)c2n1. The van der Waals surface area contributed by atoms with Gasteiger partial charge in [0.15, 0.2) is 12.1 Å². The maximum atomic E-state index is 13.6. The normalized spacial score (nSPS) is 24.8. The molecule has 0 bridgehead atoms. The first-order valence-electron chi connectivity index (χ1n) is 10.1. The molecule has 2 fully saturated rings. The van der Waals surface area contributed by atoms with E-state index >= 15 is 0 Å². The lowest BCUT2D eigenvalue weighted by Gasteiger charge is -2.32. The lowest BCUT2D eigenvalue weighted by Crippen LogP contribution is -2.38. The average molecular weight is 456 g/mol. The summed E-state index contributed by atoms with van der Waals surface area (Å²) < 4.78 is 87.9. The minimum absolute atomic E-state index is 0.00319. The monoisotopic (exact) mass is 456 g/mol. The summed E-state index contributed by atoms with van der Waals surface area (Å²) in [6.45, 7) is 0.648. The Bertz CT molecular complexity index is 1130. The number of nitrogens with one attached hydrogen (secondary N) is 1. The van der Waals surface area contributed by atoms with Crippen molar-refractivity contribution in [1.82, 2.24) is 19.9 Å². The number of halogens is 6. The highest BCUT2D eigenvalue weighted by Gasteiger charge is 2.47. The molecule has 4 heterocycles. The Labute approximate surface area is 178 Å². The van der Waals surface area contributed by atoms with Crippen LogP contribution in [-0.4, -0.2) is 32.4 Å². The molecule has 5 nitrogen and oxygen atoms in total. The molecule has 0 radical (unpaired) electrons. The number of aromatic nitrogens is 3. The fourth-order valence-corrected chi connectivity index (χ4v) is 4.70. The van der Waals surface area contributed by atoms with E-state index in [0.717, 1.165) is 25.0 Å². The smallest absolute Gasteiger partial charge is 0.346 e. The Kier molecular flexibility index (Phi) is 4.93. The Hall–Kier alpha value is -2.66. The molecule has 170 valence electrons. The van der Waals surface area contributed by atoms with E-state index in [1.807, 2.05) is 4.90 Å². The van der Waals surface area contributed by atoms with E-state index in [9.17, 15) is 26.3 Å². The molecule has 1 aromatic carbocycles. The van der Waals surface area contributed by atoms with E-state index in [2.05, 4.69) is 15.0 Å². The van der Waals surface area contributed by atoms with Crippen LogP contribution in [0.25, 0.3) is 10.9 Å². The number of piperidine rings is 1. The zero-order chi connectivity index (χ0) is 22.7. The van der Waals surface area contributed by atoms with Gasteiger partial charge in [-0.05, 0) is 30.5 Å². The van der Waals surface area contributed by atoms with E-state index in [0.29, 0.717) is 18.8 Å². The number of pyridine rings is 1. The Morgan fingerprint density at radius 1 is 1.06 bits per heavy atom. The summed E-state index contributed by atoms with van der Waals surface area (Å²) in [5.41, 5.74) is -3.25. The highest BCUT2D eigenvalue weighted by molar-refractivity contribution is 5.86. The van der Waals surface area contributed by atoms with Crippen molar-refractivity contribution in [3.05, 3.63) is 59.3 Å². The van der Waals surface area contributed by atoms with Crippen molar-refractivity contribution >= 4 is 10.9 Å². The van der Waals surface area contributed by atoms with Crippen LogP contribution in [0, 0.1) is 0 Å². The van der Waals surface area contributed by atoms with Crippen molar-refractivity contribution in [1.29, 1.82) is 0 Å². The Morgan fingerprint density at radius 2 is 1.88 bits per heavy atom. The minimum Gasteiger partial charge on any atom is -0.346 e. The molecule has 1 unspecified atom stereocenters. The number of benzene rings is 1. The third-order valence-corrected chi connectivity index (χ3v) is 6.05. The van der Waals surface area contributed by atoms with Gasteiger partial charge in [0.2, 0.25) is 0 Å². The third-order valence-electron chi connectivity index (χ3n) is 6.05. The second kappa shape index (κ2) is 7.45. The molecular weight excluding hydrogens is 438 g/mol. The van der Waals surface area contributed by atoms with Crippen LogP contribution in [-0.2, 0) is 17.1 Å². The van der Waals surface area contributed by atoms with Crippen molar-refractivity contribution in [3.8, 4) is 0 Å². The quantitative estimate of drug-likeness (QED) is 0.509. The van der Waals surface area contributed by atoms with Gasteiger partial charge in [0.05, 0.1) is 11.1 Å². The molecule has 0 aliphatic carbocycles. The number of ether oxygens (including phenoxy) is 1. The lowest BCUT2D eigenvalue weighted by molar-refractivity contribution is -0.142. The topological polar surface area (TPSA) is 54.0 Å². The summed E-state index contributed by atoms with van der Waals surface area (Å²) >= 11 is 0. The summed E-state index contributed by atoms with van der Waals surface area (Å²) in [7, 11) is 0. The van der Waals surface area contributed by atoms with Crippen LogP contribution < -0.4 is 0 Å². The highest BCUT2D eigenvalue weighted by Crippen LogP contribution is 2.48. The highest BCUT2D eigenvalue weighted by atomic mass is 19.4. The van der Waals surface area contributed by atoms with Crippen molar-refractivity contribution in [2.75, 3.05) is 6.54 Å². The van der Waals surface area contributed by atoms with Crippen LogP contribution in [0.4, 0.5) is 26.3 Å². The number of imidazole rings is 1. The zero-order valence-electron chi connectivity index (χ0n) is 16.5. The van der Waals surface area contributed by atoms with Gasteiger partial charge in [-0.15, -0.1) is 0 Å². The molecule has 2 aliphatic heterocycles. The molecule has 1 N–H and O–H groups in total. The van der Waals surface area contributed by atoms with Crippen LogP contribution in [0.5, 0.6) is 0 Å². The van der Waals surface area contributed by atoms with Crippen molar-refractivity contribution in [2.24, 2.45) is 0 Å². The van der Waals surface area contributed by atoms with E-state index in [1.54, 1.807) is 12.4 Å². The molecule has 2 aromatic heterocycles. The summed E-state index contributed by atoms with van der Waals surface area (Å²) in [5.74, 6) is 0.504. The van der Waals surface area contributed by atoms with Gasteiger partial charge in [-0.25, -0.2) is 9.97 Å². The number of H-pyrrole nitrogens is 1. The maximum Gasteiger partial charge on any atom is 0.433 e. The Balaban J connectivity index is 1.71. The second-order valence-corrected chi connectivity index (χ2v) is 7.98. The molecule has 11 heteroatoms. The van der Waals surface area contributed by atoms with Gasteiger partial charge in [-0.2, -0.15) is 26.3 Å². The fraction of sp³-hybridized carbons (Fsp3) is 0.429. The average Bonchev–Trinajstić information content (AvgIpc) is 3.39. The van der Waals surface area contributed by atoms with Crippen LogP contribution in [0.15, 0.2) is 36.7 Å². The number of hydrogen-bond acceptors (Lipinski definition) is 4. The predicted molar refractivity (Wildman–Crippen MR) is 101 cm³/mol. The predicted octanol–water partition coefficient (Wildman–Crippen LogP) is 5.62. The van der Waals surface area contributed by atoms with E-state index in [1.165, 1.54) is 12.1 Å². The largest absolute Gasteiger partial charge is 0.433 e. The van der Waals surface area contributed by atoms with Gasteiger partial charge < -0.3 is 9.72 Å². The van der Waals surface area contributed by atoms with E-state index < -0.39 is 41.5 Å². The standard InChI is InChI=1S/C21H18F6N4O/c22-20(23,24)13-5-3-4-11-12(10-15(21(25,26)27)30-16(11)13)17-14-6-1-2-9-31(14)19(32-17)18-28-7-8-29-18/h3-5,7-8,10,14,17,19H,1-2,6,9H2,(H,28,29)/t14-,17+,19?/m1/s1. The third kappa shape index (κ3) is 3.53. The number of nitrogens with zero attached hydrogens (tertiary/aromatic N) is 3. The summed E-state index contributed by atoms with van der Waals surface area (Å²) in [6.07, 6.45) is -5.71.